The third-order valence-corrected chi connectivity index (χ3v) is 4.95. The Morgan fingerprint density at radius 1 is 1.16 bits per heavy atom. The molecule has 2 aliphatic rings. The summed E-state index contributed by atoms with van der Waals surface area (Å²) in [7, 11) is 0. The van der Waals surface area contributed by atoms with Crippen LogP contribution in [0.2, 0.25) is 0 Å². The van der Waals surface area contributed by atoms with E-state index in [2.05, 4.69) is 23.6 Å². The molecule has 2 rings (SSSR count). The van der Waals surface area contributed by atoms with E-state index in [-0.39, 0.29) is 6.61 Å². The molecule has 0 aromatic carbocycles. The molecule has 0 aromatic rings. The first-order chi connectivity index (χ1) is 9.00. The normalized spacial score (nSPS) is 33.5. The number of aliphatic hydroxyl groups is 1. The molecule has 2 unspecified atom stereocenters. The monoisotopic (exact) mass is 269 g/mol. The highest BCUT2D eigenvalue weighted by Crippen LogP contribution is 2.38. The third-order valence-electron chi connectivity index (χ3n) is 4.95. The van der Waals surface area contributed by atoms with Gasteiger partial charge in [-0.2, -0.15) is 0 Å². The van der Waals surface area contributed by atoms with Gasteiger partial charge in [0.2, 0.25) is 0 Å². The van der Waals surface area contributed by atoms with Gasteiger partial charge in [-0.15, -0.1) is 0 Å². The van der Waals surface area contributed by atoms with Crippen LogP contribution in [0.5, 0.6) is 0 Å². The van der Waals surface area contributed by atoms with Crippen molar-refractivity contribution >= 4 is 0 Å². The van der Waals surface area contributed by atoms with E-state index in [1.165, 1.54) is 19.3 Å². The summed E-state index contributed by atoms with van der Waals surface area (Å²) in [5, 5.41) is 8.97. The lowest BCUT2D eigenvalue weighted by atomic mass is 9.70. The van der Waals surface area contributed by atoms with E-state index in [1.54, 1.807) is 0 Å². The topological polar surface area (TPSA) is 52.7 Å². The van der Waals surface area contributed by atoms with Crippen LogP contribution in [0.4, 0.5) is 0 Å². The summed E-state index contributed by atoms with van der Waals surface area (Å²) in [5.74, 6) is 0.660. The van der Waals surface area contributed by atoms with Crippen molar-refractivity contribution in [3.63, 3.8) is 0 Å². The van der Waals surface area contributed by atoms with Gasteiger partial charge in [0.05, 0.1) is 6.61 Å². The molecule has 19 heavy (non-hydrogen) atoms. The molecule has 0 aromatic heterocycles. The molecule has 4 nitrogen and oxygen atoms in total. The van der Waals surface area contributed by atoms with E-state index in [4.69, 9.17) is 10.8 Å². The number of aliphatic hydroxyl groups excluding tert-OH is 1. The van der Waals surface area contributed by atoms with Crippen LogP contribution < -0.4 is 5.73 Å². The van der Waals surface area contributed by atoms with Crippen molar-refractivity contribution in [3.05, 3.63) is 0 Å². The van der Waals surface area contributed by atoms with Crippen molar-refractivity contribution in [1.82, 2.24) is 9.80 Å². The van der Waals surface area contributed by atoms with Gasteiger partial charge in [0.1, 0.15) is 0 Å². The lowest BCUT2D eigenvalue weighted by molar-refractivity contribution is 0.0719. The second-order valence-corrected chi connectivity index (χ2v) is 7.20. The third kappa shape index (κ3) is 4.42. The molecule has 0 bridgehead atoms. The highest BCUT2D eigenvalue weighted by atomic mass is 16.3. The molecule has 2 fully saturated rings. The molecule has 0 spiro atoms. The zero-order valence-electron chi connectivity index (χ0n) is 12.6. The van der Waals surface area contributed by atoms with Gasteiger partial charge in [-0.3, -0.25) is 4.90 Å². The fraction of sp³-hybridized carbons (Fsp3) is 1.00. The van der Waals surface area contributed by atoms with Gasteiger partial charge >= 0.3 is 0 Å². The molecule has 1 saturated heterocycles. The van der Waals surface area contributed by atoms with Crippen molar-refractivity contribution in [2.75, 3.05) is 45.9 Å². The largest absolute Gasteiger partial charge is 0.395 e. The fourth-order valence-corrected chi connectivity index (χ4v) is 3.62. The maximum Gasteiger partial charge on any atom is 0.0558 e. The SMILES string of the molecule is CC1(C)CCC(N)C(CN2CCN(CCO)CC2)C1. The molecule has 4 heteroatoms. The Bertz CT molecular complexity index is 275. The zero-order chi connectivity index (χ0) is 13.9. The summed E-state index contributed by atoms with van der Waals surface area (Å²) in [6, 6.07) is 0.392. The summed E-state index contributed by atoms with van der Waals surface area (Å²) in [4.78, 5) is 4.92. The molecule has 3 N–H and O–H groups in total. The van der Waals surface area contributed by atoms with Crippen molar-refractivity contribution in [2.45, 2.75) is 39.2 Å². The van der Waals surface area contributed by atoms with Crippen molar-refractivity contribution < 1.29 is 5.11 Å². The van der Waals surface area contributed by atoms with Gasteiger partial charge in [0, 0.05) is 45.3 Å². The molecule has 2 atom stereocenters. The van der Waals surface area contributed by atoms with E-state index in [9.17, 15) is 0 Å². The number of nitrogens with two attached hydrogens (primary N) is 1. The number of piperazine rings is 1. The van der Waals surface area contributed by atoms with Crippen LogP contribution >= 0.6 is 0 Å². The Labute approximate surface area is 117 Å². The number of hydrogen-bond donors (Lipinski definition) is 2. The predicted molar refractivity (Wildman–Crippen MR) is 79.1 cm³/mol. The molecule has 0 radical (unpaired) electrons. The number of rotatable bonds is 4. The standard InChI is InChI=1S/C15H31N3O/c1-15(2)4-3-14(16)13(11-15)12-18-7-5-17(6-8-18)9-10-19/h13-14,19H,3-12,16H2,1-2H3. The van der Waals surface area contributed by atoms with E-state index >= 15 is 0 Å². The molecule has 1 aliphatic carbocycles. The van der Waals surface area contributed by atoms with E-state index in [1.807, 2.05) is 0 Å². The quantitative estimate of drug-likeness (QED) is 0.791. The minimum absolute atomic E-state index is 0.279. The smallest absolute Gasteiger partial charge is 0.0558 e. The van der Waals surface area contributed by atoms with Gasteiger partial charge in [0.15, 0.2) is 0 Å². The van der Waals surface area contributed by atoms with Gasteiger partial charge in [-0.25, -0.2) is 0 Å². The maximum absolute atomic E-state index is 8.97. The van der Waals surface area contributed by atoms with Crippen LogP contribution in [0, 0.1) is 11.3 Å². The summed E-state index contributed by atoms with van der Waals surface area (Å²) in [5.41, 5.74) is 6.79. The highest BCUT2D eigenvalue weighted by Gasteiger charge is 2.34. The maximum atomic E-state index is 8.97. The Hall–Kier alpha value is -0.160. The minimum Gasteiger partial charge on any atom is -0.395 e. The molecular weight excluding hydrogens is 238 g/mol. The average molecular weight is 269 g/mol. The van der Waals surface area contributed by atoms with Crippen LogP contribution in [0.15, 0.2) is 0 Å². The van der Waals surface area contributed by atoms with Gasteiger partial charge in [-0.1, -0.05) is 13.8 Å². The van der Waals surface area contributed by atoms with Gasteiger partial charge < -0.3 is 15.7 Å². The summed E-state index contributed by atoms with van der Waals surface area (Å²) in [6.45, 7) is 11.5. The van der Waals surface area contributed by atoms with Gasteiger partial charge in [-0.05, 0) is 30.6 Å². The molecule has 0 amide bonds. The van der Waals surface area contributed by atoms with E-state index in [0.717, 1.165) is 39.3 Å². The van der Waals surface area contributed by atoms with Crippen molar-refractivity contribution in [3.8, 4) is 0 Å². The lowest BCUT2D eigenvalue weighted by Crippen LogP contribution is -2.51. The lowest BCUT2D eigenvalue weighted by Gasteiger charge is -2.43. The zero-order valence-corrected chi connectivity index (χ0v) is 12.6. The molecular formula is C15H31N3O. The van der Waals surface area contributed by atoms with Crippen LogP contribution in [0.1, 0.15) is 33.1 Å². The summed E-state index contributed by atoms with van der Waals surface area (Å²) < 4.78 is 0. The van der Waals surface area contributed by atoms with E-state index in [0.29, 0.717) is 17.4 Å². The predicted octanol–water partition coefficient (Wildman–Crippen LogP) is 0.750. The Morgan fingerprint density at radius 3 is 2.42 bits per heavy atom. The Balaban J connectivity index is 1.78. The van der Waals surface area contributed by atoms with Crippen molar-refractivity contribution in [2.24, 2.45) is 17.1 Å². The molecule has 1 saturated carbocycles. The number of β-amino-alcohol motifs (C(OH)–C–C–N with tert-alkyl or cyclic N) is 1. The summed E-state index contributed by atoms with van der Waals surface area (Å²) in [6.07, 6.45) is 3.72. The second kappa shape index (κ2) is 6.53. The average Bonchev–Trinajstić information content (AvgIpc) is 2.36. The fourth-order valence-electron chi connectivity index (χ4n) is 3.62. The van der Waals surface area contributed by atoms with Crippen LogP contribution in [0.3, 0.4) is 0 Å². The second-order valence-electron chi connectivity index (χ2n) is 7.20. The summed E-state index contributed by atoms with van der Waals surface area (Å²) >= 11 is 0. The molecule has 112 valence electrons. The first kappa shape index (κ1) is 15.2. The van der Waals surface area contributed by atoms with Crippen LogP contribution in [0.25, 0.3) is 0 Å². The minimum atomic E-state index is 0.279. The number of nitrogens with zero attached hydrogens (tertiary/aromatic N) is 2. The first-order valence-corrected chi connectivity index (χ1v) is 7.81. The number of hydrogen-bond acceptors (Lipinski definition) is 4. The molecule has 1 aliphatic heterocycles. The van der Waals surface area contributed by atoms with E-state index < -0.39 is 0 Å². The highest BCUT2D eigenvalue weighted by molar-refractivity contribution is 4.89. The van der Waals surface area contributed by atoms with Crippen LogP contribution in [-0.4, -0.2) is 66.8 Å². The first-order valence-electron chi connectivity index (χ1n) is 7.81. The van der Waals surface area contributed by atoms with Crippen molar-refractivity contribution in [1.29, 1.82) is 0 Å². The Kier molecular flexibility index (Phi) is 5.23. The molecule has 1 heterocycles. The van der Waals surface area contributed by atoms with Gasteiger partial charge in [0.25, 0.3) is 0 Å². The Morgan fingerprint density at radius 2 is 1.79 bits per heavy atom. The van der Waals surface area contributed by atoms with Crippen LogP contribution in [-0.2, 0) is 0 Å².